The van der Waals surface area contributed by atoms with Crippen molar-refractivity contribution in [2.45, 2.75) is 45.7 Å². The highest BCUT2D eigenvalue weighted by Crippen LogP contribution is 2.35. The average Bonchev–Trinajstić information content (AvgIpc) is 2.98. The minimum atomic E-state index is -0.0443. The number of aryl methyl sites for hydroxylation is 1. The van der Waals surface area contributed by atoms with Gasteiger partial charge in [0.05, 0.1) is 17.1 Å². The van der Waals surface area contributed by atoms with Crippen molar-refractivity contribution in [3.05, 3.63) is 56.7 Å². The standard InChI is InChI=1S/C19H22N4OS/c1-11-6-7-14-15(9-11)25-19-16(14)18(24)22-17(23-19)12(2)21-10-13-5-3-4-8-20-13/h3-5,8,11-12,21H,6-7,9-10H2,1-2H3,(H,22,23,24)/t11-,12-/m0/s1. The van der Waals surface area contributed by atoms with Crippen LogP contribution >= 0.6 is 11.3 Å². The molecule has 6 heteroatoms. The first-order valence-corrected chi connectivity index (χ1v) is 9.61. The summed E-state index contributed by atoms with van der Waals surface area (Å²) in [5.41, 5.74) is 2.20. The predicted molar refractivity (Wildman–Crippen MR) is 101 cm³/mol. The van der Waals surface area contributed by atoms with Crippen molar-refractivity contribution in [2.75, 3.05) is 0 Å². The van der Waals surface area contributed by atoms with Gasteiger partial charge in [-0.1, -0.05) is 13.0 Å². The fourth-order valence-electron chi connectivity index (χ4n) is 3.43. The maximum atomic E-state index is 12.7. The van der Waals surface area contributed by atoms with Crippen LogP contribution < -0.4 is 10.9 Å². The number of rotatable bonds is 4. The lowest BCUT2D eigenvalue weighted by atomic mass is 9.89. The minimum Gasteiger partial charge on any atom is -0.309 e. The van der Waals surface area contributed by atoms with Gasteiger partial charge >= 0.3 is 0 Å². The monoisotopic (exact) mass is 354 g/mol. The largest absolute Gasteiger partial charge is 0.309 e. The van der Waals surface area contributed by atoms with Gasteiger partial charge in [0, 0.05) is 17.6 Å². The van der Waals surface area contributed by atoms with Crippen LogP contribution in [0.4, 0.5) is 0 Å². The molecule has 0 radical (unpaired) electrons. The molecule has 3 aromatic heterocycles. The fraction of sp³-hybridized carbons (Fsp3) is 0.421. The van der Waals surface area contributed by atoms with Crippen molar-refractivity contribution in [2.24, 2.45) is 5.92 Å². The lowest BCUT2D eigenvalue weighted by Crippen LogP contribution is -2.24. The molecule has 2 atom stereocenters. The quantitative estimate of drug-likeness (QED) is 0.754. The van der Waals surface area contributed by atoms with Gasteiger partial charge in [0.1, 0.15) is 10.7 Å². The summed E-state index contributed by atoms with van der Waals surface area (Å²) in [5, 5.41) is 4.20. The maximum Gasteiger partial charge on any atom is 0.259 e. The number of pyridine rings is 1. The highest BCUT2D eigenvalue weighted by atomic mass is 32.1. The molecule has 3 heterocycles. The van der Waals surface area contributed by atoms with E-state index in [0.29, 0.717) is 18.3 Å². The Morgan fingerprint density at radius 2 is 2.32 bits per heavy atom. The average molecular weight is 354 g/mol. The van der Waals surface area contributed by atoms with Crippen LogP contribution in [-0.4, -0.2) is 15.0 Å². The Labute approximate surface area is 150 Å². The van der Waals surface area contributed by atoms with Gasteiger partial charge in [0.2, 0.25) is 0 Å². The number of thiophene rings is 1. The van der Waals surface area contributed by atoms with E-state index in [9.17, 15) is 4.79 Å². The van der Waals surface area contributed by atoms with E-state index in [0.717, 1.165) is 35.2 Å². The molecule has 0 spiro atoms. The molecule has 25 heavy (non-hydrogen) atoms. The minimum absolute atomic E-state index is 0.00135. The van der Waals surface area contributed by atoms with Crippen LogP contribution in [0.3, 0.4) is 0 Å². The molecule has 0 bridgehead atoms. The molecule has 3 aromatic rings. The summed E-state index contributed by atoms with van der Waals surface area (Å²) in [6.07, 6.45) is 5.00. The van der Waals surface area contributed by atoms with Crippen molar-refractivity contribution >= 4 is 21.6 Å². The van der Waals surface area contributed by atoms with Crippen molar-refractivity contribution in [3.8, 4) is 0 Å². The molecule has 5 nitrogen and oxygen atoms in total. The number of aromatic amines is 1. The van der Waals surface area contributed by atoms with Gasteiger partial charge in [-0.05, 0) is 49.8 Å². The topological polar surface area (TPSA) is 70.7 Å². The van der Waals surface area contributed by atoms with Crippen molar-refractivity contribution in [1.82, 2.24) is 20.3 Å². The van der Waals surface area contributed by atoms with E-state index in [-0.39, 0.29) is 11.6 Å². The Balaban J connectivity index is 1.61. The second-order valence-electron chi connectivity index (χ2n) is 6.91. The van der Waals surface area contributed by atoms with Gasteiger partial charge in [-0.25, -0.2) is 4.98 Å². The molecule has 2 N–H and O–H groups in total. The number of H-pyrrole nitrogens is 1. The molecular weight excluding hydrogens is 332 g/mol. The van der Waals surface area contributed by atoms with Crippen molar-refractivity contribution in [3.63, 3.8) is 0 Å². The van der Waals surface area contributed by atoms with Gasteiger partial charge in [-0.2, -0.15) is 0 Å². The molecular formula is C19H22N4OS. The second kappa shape index (κ2) is 6.69. The molecule has 1 aliphatic rings. The number of nitrogens with zero attached hydrogens (tertiary/aromatic N) is 2. The SMILES string of the molecule is C[C@H]1CCc2c(sc3nc([C@H](C)NCc4ccccn4)[nH]c(=O)c23)C1. The first-order valence-electron chi connectivity index (χ1n) is 8.79. The maximum absolute atomic E-state index is 12.7. The Morgan fingerprint density at radius 1 is 1.44 bits per heavy atom. The van der Waals surface area contributed by atoms with E-state index in [2.05, 4.69) is 22.2 Å². The molecule has 0 fully saturated rings. The van der Waals surface area contributed by atoms with Crippen molar-refractivity contribution < 1.29 is 0 Å². The number of nitrogens with one attached hydrogen (secondary N) is 2. The first-order chi connectivity index (χ1) is 12.1. The van der Waals surface area contributed by atoms with Crippen molar-refractivity contribution in [1.29, 1.82) is 0 Å². The number of hydrogen-bond acceptors (Lipinski definition) is 5. The van der Waals surface area contributed by atoms with E-state index < -0.39 is 0 Å². The fourth-order valence-corrected chi connectivity index (χ4v) is 4.82. The first kappa shape index (κ1) is 16.4. The van der Waals surface area contributed by atoms with Crippen LogP contribution in [0.2, 0.25) is 0 Å². The summed E-state index contributed by atoms with van der Waals surface area (Å²) in [7, 11) is 0. The van der Waals surface area contributed by atoms with Crippen LogP contribution in [-0.2, 0) is 19.4 Å². The summed E-state index contributed by atoms with van der Waals surface area (Å²) in [5.74, 6) is 1.39. The third-order valence-corrected chi connectivity index (χ3v) is 6.06. The summed E-state index contributed by atoms with van der Waals surface area (Å²) >= 11 is 1.69. The van der Waals surface area contributed by atoms with Gasteiger partial charge in [-0.15, -0.1) is 11.3 Å². The Hall–Kier alpha value is -2.05. The summed E-state index contributed by atoms with van der Waals surface area (Å²) in [6, 6.07) is 5.81. The third kappa shape index (κ3) is 3.24. The molecule has 0 aliphatic heterocycles. The third-order valence-electron chi connectivity index (χ3n) is 4.91. The molecule has 130 valence electrons. The Bertz CT molecular complexity index is 947. The molecule has 4 rings (SSSR count). The second-order valence-corrected chi connectivity index (χ2v) is 7.99. The zero-order valence-corrected chi connectivity index (χ0v) is 15.3. The van der Waals surface area contributed by atoms with Gasteiger partial charge in [0.25, 0.3) is 5.56 Å². The highest BCUT2D eigenvalue weighted by molar-refractivity contribution is 7.18. The molecule has 1 aliphatic carbocycles. The van der Waals surface area contributed by atoms with Gasteiger partial charge in [-0.3, -0.25) is 9.78 Å². The molecule has 0 saturated heterocycles. The Kier molecular flexibility index (Phi) is 4.39. The zero-order chi connectivity index (χ0) is 17.4. The highest BCUT2D eigenvalue weighted by Gasteiger charge is 2.23. The lowest BCUT2D eigenvalue weighted by molar-refractivity contribution is 0.509. The van der Waals surface area contributed by atoms with Crippen LogP contribution in [0.25, 0.3) is 10.2 Å². The van der Waals surface area contributed by atoms with E-state index in [1.54, 1.807) is 17.5 Å². The van der Waals surface area contributed by atoms with Crippen LogP contribution in [0.1, 0.15) is 48.3 Å². The number of hydrogen-bond donors (Lipinski definition) is 2. The molecule has 0 saturated carbocycles. The normalized spacial score (nSPS) is 18.2. The number of aromatic nitrogens is 3. The summed E-state index contributed by atoms with van der Waals surface area (Å²) < 4.78 is 0. The predicted octanol–water partition coefficient (Wildman–Crippen LogP) is 3.36. The van der Waals surface area contributed by atoms with Gasteiger partial charge < -0.3 is 10.3 Å². The van der Waals surface area contributed by atoms with E-state index >= 15 is 0 Å². The van der Waals surface area contributed by atoms with Crippen LogP contribution in [0.5, 0.6) is 0 Å². The summed E-state index contributed by atoms with van der Waals surface area (Å²) in [6.45, 7) is 4.94. The van der Waals surface area contributed by atoms with Gasteiger partial charge in [0.15, 0.2) is 0 Å². The smallest absolute Gasteiger partial charge is 0.259 e. The lowest BCUT2D eigenvalue weighted by Gasteiger charge is -2.17. The van der Waals surface area contributed by atoms with E-state index in [4.69, 9.17) is 4.98 Å². The van der Waals surface area contributed by atoms with Crippen LogP contribution in [0, 0.1) is 5.92 Å². The van der Waals surface area contributed by atoms with Crippen LogP contribution in [0.15, 0.2) is 29.2 Å². The Morgan fingerprint density at radius 3 is 3.12 bits per heavy atom. The molecule has 0 aromatic carbocycles. The molecule has 0 amide bonds. The molecule has 0 unspecified atom stereocenters. The number of fused-ring (bicyclic) bond motifs is 3. The summed E-state index contributed by atoms with van der Waals surface area (Å²) in [4.78, 5) is 26.9. The van der Waals surface area contributed by atoms with E-state index in [1.807, 2.05) is 25.1 Å². The van der Waals surface area contributed by atoms with E-state index in [1.165, 1.54) is 10.4 Å². The zero-order valence-electron chi connectivity index (χ0n) is 14.5.